The lowest BCUT2D eigenvalue weighted by Gasteiger charge is -1.97. The summed E-state index contributed by atoms with van der Waals surface area (Å²) in [6.07, 6.45) is 1.46. The zero-order valence-corrected chi connectivity index (χ0v) is 9.71. The van der Waals surface area contributed by atoms with Crippen LogP contribution in [0.25, 0.3) is 16.2 Å². The van der Waals surface area contributed by atoms with E-state index < -0.39 is 5.97 Å². The second-order valence-corrected chi connectivity index (χ2v) is 3.41. The van der Waals surface area contributed by atoms with Gasteiger partial charge in [-0.25, -0.2) is 14.6 Å². The normalized spacial score (nSPS) is 9.78. The number of aromatic nitrogens is 1. The lowest BCUT2D eigenvalue weighted by molar-refractivity contribution is 0.0482. The van der Waals surface area contributed by atoms with E-state index >= 15 is 0 Å². The Hall–Kier alpha value is -2.61. The molecule has 0 bridgehead atoms. The van der Waals surface area contributed by atoms with Gasteiger partial charge in [0.25, 0.3) is 0 Å². The number of oxazole rings is 1. The standard InChI is InChI=1S/C13H10N2O3/c1-3-17-13(16)12-15-8-11(18-12)9-4-6-10(14-2)7-5-9/h4-8H,3H2,1H3. The van der Waals surface area contributed by atoms with Crippen LogP contribution in [-0.2, 0) is 4.74 Å². The molecule has 1 heterocycles. The topological polar surface area (TPSA) is 56.7 Å². The maximum Gasteiger partial charge on any atom is 0.394 e. The van der Waals surface area contributed by atoms with Crippen LogP contribution in [0.4, 0.5) is 5.69 Å². The van der Waals surface area contributed by atoms with Crippen LogP contribution in [-0.4, -0.2) is 17.6 Å². The van der Waals surface area contributed by atoms with E-state index in [2.05, 4.69) is 9.83 Å². The van der Waals surface area contributed by atoms with Crippen LogP contribution in [0.15, 0.2) is 34.9 Å². The van der Waals surface area contributed by atoms with Gasteiger partial charge >= 0.3 is 11.9 Å². The molecule has 0 spiro atoms. The molecule has 0 atom stereocenters. The van der Waals surface area contributed by atoms with Gasteiger partial charge in [-0.1, -0.05) is 24.3 Å². The third kappa shape index (κ3) is 2.38. The van der Waals surface area contributed by atoms with Gasteiger partial charge in [0.05, 0.1) is 19.4 Å². The SMILES string of the molecule is [C-]#[N+]c1ccc(-c2cnc(C(=O)OCC)o2)cc1. The molecular formula is C13H10N2O3. The smallest absolute Gasteiger partial charge is 0.394 e. The van der Waals surface area contributed by atoms with Crippen LogP contribution < -0.4 is 0 Å². The molecular weight excluding hydrogens is 232 g/mol. The number of hydrogen-bond donors (Lipinski definition) is 0. The van der Waals surface area contributed by atoms with Gasteiger partial charge in [-0.2, -0.15) is 0 Å². The van der Waals surface area contributed by atoms with Gasteiger partial charge in [-0.15, -0.1) is 0 Å². The van der Waals surface area contributed by atoms with E-state index in [0.717, 1.165) is 5.56 Å². The summed E-state index contributed by atoms with van der Waals surface area (Å²) in [5.41, 5.74) is 1.30. The highest BCUT2D eigenvalue weighted by Crippen LogP contribution is 2.23. The highest BCUT2D eigenvalue weighted by molar-refractivity contribution is 5.84. The van der Waals surface area contributed by atoms with Crippen LogP contribution in [0.3, 0.4) is 0 Å². The highest BCUT2D eigenvalue weighted by Gasteiger charge is 2.14. The van der Waals surface area contributed by atoms with Crippen molar-refractivity contribution in [1.29, 1.82) is 0 Å². The van der Waals surface area contributed by atoms with Crippen LogP contribution >= 0.6 is 0 Å². The Bertz CT molecular complexity index is 593. The largest absolute Gasteiger partial charge is 0.459 e. The molecule has 18 heavy (non-hydrogen) atoms. The van der Waals surface area contributed by atoms with Crippen molar-refractivity contribution in [3.8, 4) is 11.3 Å². The van der Waals surface area contributed by atoms with E-state index in [4.69, 9.17) is 15.7 Å². The fourth-order valence-electron chi connectivity index (χ4n) is 1.40. The fraction of sp³-hybridized carbons (Fsp3) is 0.154. The number of carbonyl (C=O) groups is 1. The first kappa shape index (κ1) is 11.9. The Balaban J connectivity index is 2.24. The minimum Gasteiger partial charge on any atom is -0.459 e. The summed E-state index contributed by atoms with van der Waals surface area (Å²) >= 11 is 0. The summed E-state index contributed by atoms with van der Waals surface area (Å²) in [7, 11) is 0. The lowest BCUT2D eigenvalue weighted by Crippen LogP contribution is -2.04. The van der Waals surface area contributed by atoms with Crippen molar-refractivity contribution in [2.75, 3.05) is 6.61 Å². The second-order valence-electron chi connectivity index (χ2n) is 3.41. The number of carbonyl (C=O) groups excluding carboxylic acids is 1. The van der Waals surface area contributed by atoms with Gasteiger partial charge < -0.3 is 9.15 Å². The van der Waals surface area contributed by atoms with Gasteiger partial charge in [0, 0.05) is 5.56 Å². The number of benzene rings is 1. The Labute approximate surface area is 104 Å². The first-order chi connectivity index (χ1) is 8.74. The van der Waals surface area contributed by atoms with Gasteiger partial charge in [0.1, 0.15) is 0 Å². The fourth-order valence-corrected chi connectivity index (χ4v) is 1.40. The summed E-state index contributed by atoms with van der Waals surface area (Å²) in [5, 5.41) is 0. The predicted molar refractivity (Wildman–Crippen MR) is 64.2 cm³/mol. The van der Waals surface area contributed by atoms with E-state index in [1.807, 2.05) is 0 Å². The first-order valence-electron chi connectivity index (χ1n) is 5.35. The summed E-state index contributed by atoms with van der Waals surface area (Å²) in [5.74, 6) is -0.183. The van der Waals surface area contributed by atoms with Gasteiger partial charge in [0.2, 0.25) is 0 Å². The number of esters is 1. The summed E-state index contributed by atoms with van der Waals surface area (Å²) in [6, 6.07) is 6.83. The molecule has 0 amide bonds. The summed E-state index contributed by atoms with van der Waals surface area (Å²) < 4.78 is 10.1. The number of ether oxygens (including phenoxy) is 1. The molecule has 2 rings (SSSR count). The van der Waals surface area contributed by atoms with E-state index in [1.54, 1.807) is 31.2 Å². The molecule has 0 saturated carbocycles. The number of rotatable bonds is 3. The van der Waals surface area contributed by atoms with Crippen molar-refractivity contribution in [3.63, 3.8) is 0 Å². The Morgan fingerprint density at radius 1 is 1.44 bits per heavy atom. The van der Waals surface area contributed by atoms with Crippen LogP contribution in [0.1, 0.15) is 17.6 Å². The average Bonchev–Trinajstić information content (AvgIpc) is 2.89. The molecule has 5 heteroatoms. The van der Waals surface area contributed by atoms with Crippen LogP contribution in [0.5, 0.6) is 0 Å². The van der Waals surface area contributed by atoms with E-state index in [-0.39, 0.29) is 12.5 Å². The van der Waals surface area contributed by atoms with Crippen molar-refractivity contribution >= 4 is 11.7 Å². The molecule has 0 saturated heterocycles. The van der Waals surface area contributed by atoms with Gasteiger partial charge in [-0.3, -0.25) is 0 Å². The number of hydrogen-bond acceptors (Lipinski definition) is 4. The van der Waals surface area contributed by atoms with E-state index in [0.29, 0.717) is 11.4 Å². The molecule has 0 unspecified atom stereocenters. The van der Waals surface area contributed by atoms with Crippen molar-refractivity contribution in [1.82, 2.24) is 4.98 Å². The van der Waals surface area contributed by atoms with Gasteiger partial charge in [0.15, 0.2) is 11.4 Å². The third-order valence-corrected chi connectivity index (χ3v) is 2.24. The molecule has 1 aromatic heterocycles. The molecule has 0 fully saturated rings. The summed E-state index contributed by atoms with van der Waals surface area (Å²) in [6.45, 7) is 8.84. The molecule has 5 nitrogen and oxygen atoms in total. The minimum atomic E-state index is -0.582. The molecule has 1 aromatic carbocycles. The molecule has 2 aromatic rings. The third-order valence-electron chi connectivity index (χ3n) is 2.24. The highest BCUT2D eigenvalue weighted by atomic mass is 16.5. The Kier molecular flexibility index (Phi) is 3.39. The van der Waals surface area contributed by atoms with Crippen molar-refractivity contribution in [3.05, 3.63) is 47.8 Å². The maximum absolute atomic E-state index is 11.4. The maximum atomic E-state index is 11.4. The molecule has 0 aliphatic carbocycles. The quantitative estimate of drug-likeness (QED) is 0.613. The van der Waals surface area contributed by atoms with Gasteiger partial charge in [-0.05, 0) is 6.92 Å². The zero-order chi connectivity index (χ0) is 13.0. The Morgan fingerprint density at radius 3 is 2.78 bits per heavy atom. The molecule has 0 N–H and O–H groups in total. The van der Waals surface area contributed by atoms with Crippen LogP contribution in [0.2, 0.25) is 0 Å². The monoisotopic (exact) mass is 242 g/mol. The molecule has 0 aliphatic heterocycles. The minimum absolute atomic E-state index is 0.0684. The predicted octanol–water partition coefficient (Wildman–Crippen LogP) is 3.07. The van der Waals surface area contributed by atoms with E-state index in [1.165, 1.54) is 6.20 Å². The average molecular weight is 242 g/mol. The zero-order valence-electron chi connectivity index (χ0n) is 9.71. The van der Waals surface area contributed by atoms with Crippen LogP contribution in [0, 0.1) is 6.57 Å². The Morgan fingerprint density at radius 2 is 2.17 bits per heavy atom. The van der Waals surface area contributed by atoms with Crippen molar-refractivity contribution < 1.29 is 13.9 Å². The molecule has 90 valence electrons. The van der Waals surface area contributed by atoms with E-state index in [9.17, 15) is 4.79 Å². The van der Waals surface area contributed by atoms with Crippen molar-refractivity contribution in [2.45, 2.75) is 6.92 Å². The molecule has 0 aliphatic rings. The summed E-state index contributed by atoms with van der Waals surface area (Å²) in [4.78, 5) is 18.5. The number of nitrogens with zero attached hydrogens (tertiary/aromatic N) is 2. The van der Waals surface area contributed by atoms with Crippen molar-refractivity contribution in [2.24, 2.45) is 0 Å². The lowest BCUT2D eigenvalue weighted by atomic mass is 10.2. The second kappa shape index (κ2) is 5.15. The first-order valence-corrected chi connectivity index (χ1v) is 5.35. The molecule has 0 radical (unpaired) electrons.